The molecular weight excluding hydrogens is 401 g/mol. The van der Waals surface area contributed by atoms with Crippen LogP contribution >= 0.6 is 11.6 Å². The first-order valence-electron chi connectivity index (χ1n) is 8.69. The monoisotopic (exact) mass is 420 g/mol. The maximum absolute atomic E-state index is 15.2. The third kappa shape index (κ3) is 4.51. The fraction of sp³-hybridized carbons (Fsp3) is 0.222. The minimum Gasteiger partial charge on any atom is -0.394 e. The first-order chi connectivity index (χ1) is 13.8. The predicted molar refractivity (Wildman–Crippen MR) is 110 cm³/mol. The van der Waals surface area contributed by atoms with Gasteiger partial charge in [-0.15, -0.1) is 0 Å². The van der Waals surface area contributed by atoms with Gasteiger partial charge in [0.2, 0.25) is 0 Å². The molecule has 11 heteroatoms. The first kappa shape index (κ1) is 21.1. The number of aromatic nitrogens is 2. The molecule has 1 heterocycles. The summed E-state index contributed by atoms with van der Waals surface area (Å²) in [6.07, 6.45) is 0.280. The Bertz CT molecular complexity index is 1060. The molecule has 0 aliphatic rings. The van der Waals surface area contributed by atoms with E-state index < -0.39 is 24.4 Å². The highest BCUT2D eigenvalue weighted by atomic mass is 35.5. The quantitative estimate of drug-likeness (QED) is 0.325. The number of halogens is 2. The lowest BCUT2D eigenvalue weighted by atomic mass is 9.96. The molecule has 1 amide bonds. The van der Waals surface area contributed by atoms with Crippen molar-refractivity contribution in [1.82, 2.24) is 15.0 Å². The van der Waals surface area contributed by atoms with Crippen LogP contribution in [0.1, 0.15) is 10.4 Å². The lowest BCUT2D eigenvalue weighted by molar-refractivity contribution is -0.0295. The van der Waals surface area contributed by atoms with E-state index in [-0.39, 0.29) is 23.4 Å². The summed E-state index contributed by atoms with van der Waals surface area (Å²) in [5.74, 6) is -1.47. The number of imidazole rings is 1. The number of aliphatic hydroxyl groups excluding tert-OH is 2. The maximum atomic E-state index is 15.2. The Labute approximate surface area is 171 Å². The molecule has 0 spiro atoms. The van der Waals surface area contributed by atoms with Gasteiger partial charge < -0.3 is 20.1 Å². The summed E-state index contributed by atoms with van der Waals surface area (Å²) in [5, 5.41) is 21.3. The number of aryl methyl sites for hydroxylation is 1. The maximum Gasteiger partial charge on any atom is 0.277 e. The summed E-state index contributed by atoms with van der Waals surface area (Å²) in [4.78, 5) is 21.6. The molecule has 8 nitrogen and oxygen atoms in total. The van der Waals surface area contributed by atoms with E-state index in [0.29, 0.717) is 16.2 Å². The average molecular weight is 421 g/mol. The summed E-state index contributed by atoms with van der Waals surface area (Å²) >= 11 is 6.24. The van der Waals surface area contributed by atoms with Gasteiger partial charge in [-0.3, -0.25) is 9.63 Å². The number of fused-ring (bicyclic) bond motifs is 1. The van der Waals surface area contributed by atoms with Crippen molar-refractivity contribution in [3.8, 4) is 0 Å². The number of hydroxylamine groups is 1. The molecule has 0 aliphatic heterocycles. The Hall–Kier alpha value is -2.66. The van der Waals surface area contributed by atoms with Gasteiger partial charge in [0.1, 0.15) is 26.1 Å². The fourth-order valence-corrected chi connectivity index (χ4v) is 2.98. The third-order valence-electron chi connectivity index (χ3n) is 4.24. The van der Waals surface area contributed by atoms with Crippen LogP contribution < -0.4 is 16.3 Å². The van der Waals surface area contributed by atoms with Gasteiger partial charge in [0.25, 0.3) is 5.91 Å². The van der Waals surface area contributed by atoms with E-state index >= 15 is 4.39 Å². The van der Waals surface area contributed by atoms with Gasteiger partial charge in [0.15, 0.2) is 5.82 Å². The van der Waals surface area contributed by atoms with Crippen molar-refractivity contribution in [2.75, 3.05) is 18.5 Å². The Balaban J connectivity index is 2.00. The van der Waals surface area contributed by atoms with E-state index in [1.807, 2.05) is 7.85 Å². The number of hydrogen-bond donors (Lipinski definition) is 4. The molecule has 3 rings (SSSR count). The summed E-state index contributed by atoms with van der Waals surface area (Å²) in [7, 11) is 3.54. The minimum absolute atomic E-state index is 0.0475. The van der Waals surface area contributed by atoms with E-state index in [9.17, 15) is 9.90 Å². The second-order valence-electron chi connectivity index (χ2n) is 6.52. The van der Waals surface area contributed by atoms with E-state index in [2.05, 4.69) is 15.8 Å². The van der Waals surface area contributed by atoms with Crippen molar-refractivity contribution < 1.29 is 24.2 Å². The Morgan fingerprint density at radius 1 is 1.45 bits per heavy atom. The molecule has 0 aliphatic carbocycles. The Kier molecular flexibility index (Phi) is 6.38. The van der Waals surface area contributed by atoms with Crippen LogP contribution in [0.4, 0.5) is 15.8 Å². The summed E-state index contributed by atoms with van der Waals surface area (Å²) in [5.41, 5.74) is 3.81. The zero-order valence-corrected chi connectivity index (χ0v) is 16.5. The fourth-order valence-electron chi connectivity index (χ4n) is 2.69. The second-order valence-corrected chi connectivity index (χ2v) is 6.93. The van der Waals surface area contributed by atoms with Crippen LogP contribution in [-0.4, -0.2) is 52.8 Å². The summed E-state index contributed by atoms with van der Waals surface area (Å²) in [6, 6.07) is 6.65. The standard InChI is InChI=1S/C18H19BClFN4O4/c1-25-8-22-17-14(25)5-11(18(28)24-29-7-10(27)6-26)16(15(17)21)23-13-3-2-9(19)4-12(13)20/h2-5,8,10,23,26-27H,6-7,19H2,1H3,(H,24,28). The topological polar surface area (TPSA) is 109 Å². The van der Waals surface area contributed by atoms with Crippen LogP contribution in [0.3, 0.4) is 0 Å². The molecule has 4 N–H and O–H groups in total. The highest BCUT2D eigenvalue weighted by Crippen LogP contribution is 2.32. The average Bonchev–Trinajstić information content (AvgIpc) is 3.06. The molecule has 1 aromatic heterocycles. The van der Waals surface area contributed by atoms with Gasteiger partial charge in [0, 0.05) is 7.05 Å². The molecule has 29 heavy (non-hydrogen) atoms. The van der Waals surface area contributed by atoms with Crippen molar-refractivity contribution in [2.45, 2.75) is 6.10 Å². The zero-order valence-electron chi connectivity index (χ0n) is 15.7. The molecule has 3 aromatic rings. The molecule has 0 saturated heterocycles. The lowest BCUT2D eigenvalue weighted by Crippen LogP contribution is -2.30. The van der Waals surface area contributed by atoms with Crippen molar-refractivity contribution in [3.05, 3.63) is 47.0 Å². The SMILES string of the molecule is Bc1ccc(Nc2c(C(=O)NOCC(O)CO)cc3c(ncn3C)c2F)c(Cl)c1. The highest BCUT2D eigenvalue weighted by molar-refractivity contribution is 6.37. The van der Waals surface area contributed by atoms with Crippen molar-refractivity contribution in [1.29, 1.82) is 0 Å². The van der Waals surface area contributed by atoms with Crippen LogP contribution in [0, 0.1) is 5.82 Å². The number of amides is 1. The van der Waals surface area contributed by atoms with Crippen LogP contribution in [0.5, 0.6) is 0 Å². The molecule has 152 valence electrons. The van der Waals surface area contributed by atoms with Crippen LogP contribution in [-0.2, 0) is 11.9 Å². The van der Waals surface area contributed by atoms with E-state index in [1.54, 1.807) is 29.8 Å². The second kappa shape index (κ2) is 8.79. The Morgan fingerprint density at radius 3 is 2.90 bits per heavy atom. The van der Waals surface area contributed by atoms with Crippen LogP contribution in [0.25, 0.3) is 11.0 Å². The molecule has 2 aromatic carbocycles. The third-order valence-corrected chi connectivity index (χ3v) is 4.55. The number of nitrogens with zero attached hydrogens (tertiary/aromatic N) is 2. The molecule has 1 unspecified atom stereocenters. The van der Waals surface area contributed by atoms with E-state index in [4.69, 9.17) is 21.5 Å². The lowest BCUT2D eigenvalue weighted by Gasteiger charge is -2.16. The van der Waals surface area contributed by atoms with Gasteiger partial charge in [-0.2, -0.15) is 0 Å². The summed E-state index contributed by atoms with van der Waals surface area (Å²) in [6.45, 7) is -0.852. The molecule has 0 bridgehead atoms. The number of rotatable bonds is 7. The minimum atomic E-state index is -1.16. The van der Waals surface area contributed by atoms with Gasteiger partial charge in [0.05, 0.1) is 40.4 Å². The number of benzene rings is 2. The van der Waals surface area contributed by atoms with Gasteiger partial charge in [-0.1, -0.05) is 23.1 Å². The predicted octanol–water partition coefficient (Wildman–Crippen LogP) is 0.382. The smallest absolute Gasteiger partial charge is 0.277 e. The number of hydrogen-bond acceptors (Lipinski definition) is 6. The van der Waals surface area contributed by atoms with E-state index in [0.717, 1.165) is 5.46 Å². The number of anilines is 2. The summed E-state index contributed by atoms with van der Waals surface area (Å²) < 4.78 is 16.8. The number of nitrogens with one attached hydrogen (secondary N) is 2. The van der Waals surface area contributed by atoms with Crippen LogP contribution in [0.2, 0.25) is 5.02 Å². The van der Waals surface area contributed by atoms with Crippen molar-refractivity contribution in [3.63, 3.8) is 0 Å². The van der Waals surface area contributed by atoms with Gasteiger partial charge in [-0.25, -0.2) is 14.9 Å². The zero-order chi connectivity index (χ0) is 21.1. The normalized spacial score (nSPS) is 12.2. The highest BCUT2D eigenvalue weighted by Gasteiger charge is 2.22. The number of carbonyl (C=O) groups is 1. The van der Waals surface area contributed by atoms with Gasteiger partial charge >= 0.3 is 0 Å². The molecule has 0 saturated carbocycles. The Morgan fingerprint density at radius 2 is 2.21 bits per heavy atom. The molecule has 0 fully saturated rings. The molecular formula is C18H19BClFN4O4. The van der Waals surface area contributed by atoms with Crippen molar-refractivity contribution >= 4 is 53.2 Å². The van der Waals surface area contributed by atoms with E-state index in [1.165, 1.54) is 12.4 Å². The molecule has 1 atom stereocenters. The van der Waals surface area contributed by atoms with Crippen LogP contribution in [0.15, 0.2) is 30.6 Å². The van der Waals surface area contributed by atoms with Gasteiger partial charge in [-0.05, 0) is 18.2 Å². The number of carbonyl (C=O) groups excluding carboxylic acids is 1. The van der Waals surface area contributed by atoms with Crippen molar-refractivity contribution in [2.24, 2.45) is 7.05 Å². The largest absolute Gasteiger partial charge is 0.394 e. The first-order valence-corrected chi connectivity index (χ1v) is 9.07. The molecule has 0 radical (unpaired) electrons. The number of aliphatic hydroxyl groups is 2.